The number of para-hydroxylation sites is 1. The van der Waals surface area contributed by atoms with Crippen molar-refractivity contribution >= 4 is 17.3 Å². The van der Waals surface area contributed by atoms with Crippen molar-refractivity contribution in [3.05, 3.63) is 58.4 Å². The molecular formula is C21H26ClFN2O2. The lowest BCUT2D eigenvalue weighted by atomic mass is 10.1. The summed E-state index contributed by atoms with van der Waals surface area (Å²) in [4.78, 5) is 4.23. The van der Waals surface area contributed by atoms with E-state index in [-0.39, 0.29) is 12.4 Å². The van der Waals surface area contributed by atoms with E-state index >= 15 is 0 Å². The highest BCUT2D eigenvalue weighted by atomic mass is 35.5. The van der Waals surface area contributed by atoms with Crippen molar-refractivity contribution in [1.82, 2.24) is 4.90 Å². The number of hydrogen-bond donors (Lipinski definition) is 1. The summed E-state index contributed by atoms with van der Waals surface area (Å²) in [5.74, 6) is 0.533. The first-order valence-electron chi connectivity index (χ1n) is 9.23. The molecule has 1 aliphatic heterocycles. The molecule has 0 aliphatic carbocycles. The molecule has 1 fully saturated rings. The number of ether oxygens (including phenoxy) is 1. The van der Waals surface area contributed by atoms with Gasteiger partial charge in [0.05, 0.1) is 5.69 Å². The molecule has 3 rings (SSSR count). The fourth-order valence-corrected chi connectivity index (χ4v) is 3.52. The molecule has 0 spiro atoms. The van der Waals surface area contributed by atoms with Gasteiger partial charge in [-0.2, -0.15) is 0 Å². The summed E-state index contributed by atoms with van der Waals surface area (Å²) in [5.41, 5.74) is 2.57. The first kappa shape index (κ1) is 19.9. The highest BCUT2D eigenvalue weighted by molar-refractivity contribution is 6.32. The third-order valence-electron chi connectivity index (χ3n) is 4.89. The number of aliphatic hydroxyl groups excluding tert-OH is 1. The fraction of sp³-hybridized carbons (Fsp3) is 0.429. The van der Waals surface area contributed by atoms with Crippen LogP contribution in [0.2, 0.25) is 5.02 Å². The Labute approximate surface area is 165 Å². The number of piperazine rings is 1. The first-order valence-corrected chi connectivity index (χ1v) is 9.61. The van der Waals surface area contributed by atoms with Gasteiger partial charge in [-0.25, -0.2) is 4.39 Å². The second-order valence-electron chi connectivity index (χ2n) is 7.07. The van der Waals surface area contributed by atoms with Crippen LogP contribution in [-0.2, 0) is 0 Å². The van der Waals surface area contributed by atoms with Crippen LogP contribution >= 0.6 is 11.6 Å². The van der Waals surface area contributed by atoms with Gasteiger partial charge in [0.15, 0.2) is 0 Å². The Kier molecular flexibility index (Phi) is 6.58. The number of nitrogens with zero attached hydrogens (tertiary/aromatic N) is 2. The van der Waals surface area contributed by atoms with Crippen molar-refractivity contribution in [2.45, 2.75) is 20.0 Å². The van der Waals surface area contributed by atoms with E-state index in [1.807, 2.05) is 43.0 Å². The van der Waals surface area contributed by atoms with Gasteiger partial charge >= 0.3 is 0 Å². The fourth-order valence-electron chi connectivity index (χ4n) is 3.41. The van der Waals surface area contributed by atoms with Crippen molar-refractivity contribution < 1.29 is 14.2 Å². The molecule has 0 bridgehead atoms. The number of rotatable bonds is 6. The van der Waals surface area contributed by atoms with Crippen LogP contribution in [-0.4, -0.2) is 55.4 Å². The van der Waals surface area contributed by atoms with E-state index in [1.165, 1.54) is 6.07 Å². The molecule has 1 heterocycles. The third-order valence-corrected chi connectivity index (χ3v) is 5.48. The van der Waals surface area contributed by atoms with Crippen LogP contribution in [0.1, 0.15) is 11.1 Å². The van der Waals surface area contributed by atoms with Crippen molar-refractivity contribution in [1.29, 1.82) is 0 Å². The van der Waals surface area contributed by atoms with Crippen LogP contribution in [0.5, 0.6) is 5.75 Å². The summed E-state index contributed by atoms with van der Waals surface area (Å²) < 4.78 is 19.6. The van der Waals surface area contributed by atoms with Crippen molar-refractivity contribution in [3.8, 4) is 5.75 Å². The lowest BCUT2D eigenvalue weighted by Crippen LogP contribution is -2.49. The Hall–Kier alpha value is -1.82. The van der Waals surface area contributed by atoms with E-state index in [4.69, 9.17) is 16.3 Å². The van der Waals surface area contributed by atoms with Crippen molar-refractivity contribution in [2.24, 2.45) is 0 Å². The number of halogens is 2. The van der Waals surface area contributed by atoms with Gasteiger partial charge in [0.2, 0.25) is 0 Å². The Morgan fingerprint density at radius 3 is 2.37 bits per heavy atom. The minimum Gasteiger partial charge on any atom is -0.491 e. The van der Waals surface area contributed by atoms with Crippen LogP contribution in [0, 0.1) is 19.7 Å². The molecule has 27 heavy (non-hydrogen) atoms. The zero-order valence-electron chi connectivity index (χ0n) is 15.8. The zero-order chi connectivity index (χ0) is 19.4. The van der Waals surface area contributed by atoms with Gasteiger partial charge in [0.1, 0.15) is 24.3 Å². The topological polar surface area (TPSA) is 35.9 Å². The Bertz CT molecular complexity index is 756. The van der Waals surface area contributed by atoms with E-state index in [1.54, 1.807) is 6.07 Å². The maximum atomic E-state index is 13.9. The van der Waals surface area contributed by atoms with Gasteiger partial charge in [-0.15, -0.1) is 0 Å². The molecule has 2 aromatic carbocycles. The number of β-amino-alcohol motifs (C(OH)–C–C–N with tert-alkyl or cyclic N) is 1. The average Bonchev–Trinajstić information content (AvgIpc) is 2.65. The van der Waals surface area contributed by atoms with E-state index in [0.29, 0.717) is 12.2 Å². The summed E-state index contributed by atoms with van der Waals surface area (Å²) in [5, 5.41) is 11.1. The minimum absolute atomic E-state index is 0.187. The Morgan fingerprint density at radius 2 is 1.74 bits per heavy atom. The number of aliphatic hydroxyl groups is 1. The van der Waals surface area contributed by atoms with Crippen LogP contribution in [0.3, 0.4) is 0 Å². The molecule has 1 N–H and O–H groups in total. The van der Waals surface area contributed by atoms with Gasteiger partial charge in [-0.1, -0.05) is 23.7 Å². The molecule has 146 valence electrons. The van der Waals surface area contributed by atoms with E-state index in [9.17, 15) is 9.50 Å². The molecule has 0 aromatic heterocycles. The third kappa shape index (κ3) is 5.12. The maximum Gasteiger partial charge on any atom is 0.146 e. The second kappa shape index (κ2) is 8.91. The average molecular weight is 393 g/mol. The molecule has 6 heteroatoms. The predicted octanol–water partition coefficient (Wildman–Crippen LogP) is 3.66. The first-order chi connectivity index (χ1) is 12.9. The number of hydrogen-bond acceptors (Lipinski definition) is 4. The van der Waals surface area contributed by atoms with Gasteiger partial charge in [-0.05, 0) is 49.2 Å². The normalized spacial score (nSPS) is 16.4. The van der Waals surface area contributed by atoms with Crippen molar-refractivity contribution in [2.75, 3.05) is 44.2 Å². The molecule has 0 amide bonds. The molecule has 1 saturated heterocycles. The van der Waals surface area contributed by atoms with Crippen molar-refractivity contribution in [3.63, 3.8) is 0 Å². The highest BCUT2D eigenvalue weighted by Gasteiger charge is 2.21. The van der Waals surface area contributed by atoms with Crippen LogP contribution in [0.25, 0.3) is 0 Å². The summed E-state index contributed by atoms with van der Waals surface area (Å²) >= 11 is 6.17. The smallest absolute Gasteiger partial charge is 0.146 e. The zero-order valence-corrected chi connectivity index (χ0v) is 16.5. The lowest BCUT2D eigenvalue weighted by molar-refractivity contribution is 0.0662. The molecule has 1 aliphatic rings. The number of benzene rings is 2. The van der Waals surface area contributed by atoms with Crippen LogP contribution < -0.4 is 9.64 Å². The van der Waals surface area contributed by atoms with E-state index in [2.05, 4.69) is 4.90 Å². The molecular weight excluding hydrogens is 367 g/mol. The van der Waals surface area contributed by atoms with E-state index in [0.717, 1.165) is 48.1 Å². The summed E-state index contributed by atoms with van der Waals surface area (Å²) in [6.45, 7) is 7.69. The van der Waals surface area contributed by atoms with Gasteiger partial charge in [-0.3, -0.25) is 4.90 Å². The lowest BCUT2D eigenvalue weighted by Gasteiger charge is -2.36. The highest BCUT2D eigenvalue weighted by Crippen LogP contribution is 2.26. The van der Waals surface area contributed by atoms with Crippen LogP contribution in [0.4, 0.5) is 10.1 Å². The van der Waals surface area contributed by atoms with E-state index < -0.39 is 6.10 Å². The quantitative estimate of drug-likeness (QED) is 0.813. The Morgan fingerprint density at radius 1 is 1.11 bits per heavy atom. The van der Waals surface area contributed by atoms with Crippen LogP contribution in [0.15, 0.2) is 36.4 Å². The van der Waals surface area contributed by atoms with Gasteiger partial charge in [0.25, 0.3) is 0 Å². The molecule has 0 saturated carbocycles. The minimum atomic E-state index is -0.582. The maximum absolute atomic E-state index is 13.9. The van der Waals surface area contributed by atoms with Gasteiger partial charge in [0, 0.05) is 37.7 Å². The summed E-state index contributed by atoms with van der Waals surface area (Å²) in [6.07, 6.45) is -0.582. The summed E-state index contributed by atoms with van der Waals surface area (Å²) in [6, 6.07) is 10.6. The second-order valence-corrected chi connectivity index (χ2v) is 7.45. The standard InChI is InChI=1S/C21H26ClFN2O2/c1-15-11-18(12-16(2)21(15)22)27-14-17(26)13-24-7-9-25(10-8-24)20-6-4-3-5-19(20)23/h3-6,11-12,17,26H,7-10,13-14H2,1-2H3/t17-/m1/s1. The largest absolute Gasteiger partial charge is 0.491 e. The number of anilines is 1. The molecule has 2 aromatic rings. The predicted molar refractivity (Wildman–Crippen MR) is 107 cm³/mol. The monoisotopic (exact) mass is 392 g/mol. The van der Waals surface area contributed by atoms with Gasteiger partial charge < -0.3 is 14.7 Å². The molecule has 0 unspecified atom stereocenters. The Balaban J connectivity index is 1.46. The number of aryl methyl sites for hydroxylation is 2. The summed E-state index contributed by atoms with van der Waals surface area (Å²) in [7, 11) is 0. The SMILES string of the molecule is Cc1cc(OC[C@H](O)CN2CCN(c3ccccc3F)CC2)cc(C)c1Cl. The molecule has 0 radical (unpaired) electrons. The molecule has 1 atom stereocenters. The molecule has 4 nitrogen and oxygen atoms in total.